The average Bonchev–Trinajstić information content (AvgIpc) is 3.11. The number of thioether (sulfide) groups is 1. The van der Waals surface area contributed by atoms with E-state index in [1.54, 1.807) is 12.1 Å². The van der Waals surface area contributed by atoms with Gasteiger partial charge in [-0.1, -0.05) is 11.8 Å². The van der Waals surface area contributed by atoms with Crippen LogP contribution in [0.2, 0.25) is 0 Å². The molecule has 2 heterocycles. The quantitative estimate of drug-likeness (QED) is 0.635. The maximum absolute atomic E-state index is 12.1. The lowest BCUT2D eigenvalue weighted by molar-refractivity contribution is 0.0434. The zero-order valence-electron chi connectivity index (χ0n) is 12.2. The lowest BCUT2D eigenvalue weighted by Gasteiger charge is -2.12. The van der Waals surface area contributed by atoms with Crippen molar-refractivity contribution in [2.24, 2.45) is 0 Å². The Balaban J connectivity index is 1.94. The van der Waals surface area contributed by atoms with Crippen LogP contribution in [0.5, 0.6) is 11.5 Å². The van der Waals surface area contributed by atoms with Crippen LogP contribution in [0, 0.1) is 0 Å². The van der Waals surface area contributed by atoms with Crippen molar-refractivity contribution in [3.05, 3.63) is 23.3 Å². The van der Waals surface area contributed by atoms with E-state index in [1.807, 2.05) is 6.26 Å². The number of aromatic nitrogens is 3. The number of benzene rings is 1. The van der Waals surface area contributed by atoms with Crippen LogP contribution in [0.3, 0.4) is 0 Å². The zero-order valence-corrected chi connectivity index (χ0v) is 13.0. The van der Waals surface area contributed by atoms with E-state index in [9.17, 15) is 4.79 Å². The molecule has 2 aromatic rings. The number of fused-ring (bicyclic) bond motifs is 1. The summed E-state index contributed by atoms with van der Waals surface area (Å²) in [5.74, 6) is 0.775. The fourth-order valence-corrected chi connectivity index (χ4v) is 2.55. The van der Waals surface area contributed by atoms with Crippen LogP contribution in [0.4, 0.5) is 5.95 Å². The highest BCUT2D eigenvalue weighted by Gasteiger charge is 2.36. The maximum atomic E-state index is 12.1. The standard InChI is InChI=1S/C13H14N4O4S/c1-19-7-5-4-6-8(9(7)20-2)11(18)21-10(6)14-12-15-13(22-3)17-16-12/h4-5,10H,1-3H3,(H2,14,15,16,17). The van der Waals surface area contributed by atoms with Gasteiger partial charge in [0.05, 0.1) is 14.2 Å². The molecule has 1 atom stereocenters. The Bertz CT molecular complexity index is 718. The first-order valence-corrected chi connectivity index (χ1v) is 7.59. The van der Waals surface area contributed by atoms with Crippen molar-refractivity contribution in [2.45, 2.75) is 11.4 Å². The summed E-state index contributed by atoms with van der Waals surface area (Å²) in [7, 11) is 2.99. The lowest BCUT2D eigenvalue weighted by Crippen LogP contribution is -2.11. The summed E-state index contributed by atoms with van der Waals surface area (Å²) in [6.45, 7) is 0. The third-order valence-corrected chi connectivity index (χ3v) is 3.75. The zero-order chi connectivity index (χ0) is 15.7. The van der Waals surface area contributed by atoms with E-state index in [-0.39, 0.29) is 0 Å². The second-order valence-electron chi connectivity index (χ2n) is 4.37. The minimum absolute atomic E-state index is 0.351. The predicted molar refractivity (Wildman–Crippen MR) is 79.5 cm³/mol. The molecule has 0 amide bonds. The summed E-state index contributed by atoms with van der Waals surface area (Å²) >= 11 is 1.41. The van der Waals surface area contributed by atoms with Gasteiger partial charge in [-0.05, 0) is 18.4 Å². The highest BCUT2D eigenvalue weighted by atomic mass is 32.2. The first kappa shape index (κ1) is 14.5. The summed E-state index contributed by atoms with van der Waals surface area (Å²) in [6.07, 6.45) is 1.21. The molecule has 0 saturated carbocycles. The summed E-state index contributed by atoms with van der Waals surface area (Å²) in [6, 6.07) is 3.48. The van der Waals surface area contributed by atoms with Gasteiger partial charge in [0.25, 0.3) is 0 Å². The molecule has 1 aromatic heterocycles. The van der Waals surface area contributed by atoms with Gasteiger partial charge in [-0.3, -0.25) is 0 Å². The molecular weight excluding hydrogens is 308 g/mol. The number of cyclic esters (lactones) is 1. The van der Waals surface area contributed by atoms with E-state index in [1.165, 1.54) is 26.0 Å². The van der Waals surface area contributed by atoms with Gasteiger partial charge in [0, 0.05) is 5.56 Å². The van der Waals surface area contributed by atoms with Crippen LogP contribution in [0.15, 0.2) is 17.3 Å². The first-order chi connectivity index (χ1) is 10.7. The Morgan fingerprint density at radius 3 is 2.82 bits per heavy atom. The molecule has 1 aromatic carbocycles. The van der Waals surface area contributed by atoms with Gasteiger partial charge >= 0.3 is 5.97 Å². The molecular formula is C13H14N4O4S. The van der Waals surface area contributed by atoms with Crippen molar-refractivity contribution >= 4 is 23.7 Å². The molecule has 22 heavy (non-hydrogen) atoms. The highest BCUT2D eigenvalue weighted by molar-refractivity contribution is 7.98. The Labute approximate surface area is 130 Å². The number of carbonyl (C=O) groups excluding carboxylic acids is 1. The summed E-state index contributed by atoms with van der Waals surface area (Å²) in [4.78, 5) is 16.3. The van der Waals surface area contributed by atoms with Crippen molar-refractivity contribution < 1.29 is 19.0 Å². The third-order valence-electron chi connectivity index (χ3n) is 3.20. The molecule has 8 nitrogen and oxygen atoms in total. The smallest absolute Gasteiger partial charge is 0.344 e. The predicted octanol–water partition coefficient (Wildman–Crippen LogP) is 1.82. The van der Waals surface area contributed by atoms with Crippen LogP contribution >= 0.6 is 11.8 Å². The molecule has 3 rings (SSSR count). The fraction of sp³-hybridized carbons (Fsp3) is 0.308. The van der Waals surface area contributed by atoms with Gasteiger partial charge < -0.3 is 19.5 Å². The SMILES string of the molecule is COc1ccc2c(c1OC)C(=O)OC2Nc1nc(SC)n[nH]1. The summed E-state index contributed by atoms with van der Waals surface area (Å²) < 4.78 is 15.8. The van der Waals surface area contributed by atoms with Crippen LogP contribution in [0.25, 0.3) is 0 Å². The molecule has 0 saturated heterocycles. The van der Waals surface area contributed by atoms with Crippen molar-refractivity contribution in [1.82, 2.24) is 15.2 Å². The van der Waals surface area contributed by atoms with Crippen LogP contribution in [0.1, 0.15) is 22.1 Å². The first-order valence-electron chi connectivity index (χ1n) is 6.36. The molecule has 9 heteroatoms. The largest absolute Gasteiger partial charge is 0.493 e. The lowest BCUT2D eigenvalue weighted by atomic mass is 10.1. The molecule has 2 N–H and O–H groups in total. The van der Waals surface area contributed by atoms with E-state index in [0.717, 1.165) is 0 Å². The molecule has 116 valence electrons. The number of hydrogen-bond acceptors (Lipinski definition) is 8. The number of rotatable bonds is 5. The second-order valence-corrected chi connectivity index (χ2v) is 5.14. The Kier molecular flexibility index (Phi) is 3.80. The summed E-state index contributed by atoms with van der Waals surface area (Å²) in [5, 5.41) is 10.3. The van der Waals surface area contributed by atoms with E-state index in [4.69, 9.17) is 14.2 Å². The van der Waals surface area contributed by atoms with Crippen LogP contribution in [-0.2, 0) is 4.74 Å². The monoisotopic (exact) mass is 322 g/mol. The third kappa shape index (κ3) is 2.33. The van der Waals surface area contributed by atoms with E-state index >= 15 is 0 Å². The average molecular weight is 322 g/mol. The Hall–Kier alpha value is -2.42. The topological polar surface area (TPSA) is 98.4 Å². The number of methoxy groups -OCH3 is 2. The van der Waals surface area contributed by atoms with E-state index < -0.39 is 12.2 Å². The molecule has 0 aliphatic carbocycles. The molecule has 1 aliphatic rings. The Morgan fingerprint density at radius 1 is 1.36 bits per heavy atom. The number of carbonyl (C=O) groups is 1. The number of H-pyrrole nitrogens is 1. The van der Waals surface area contributed by atoms with Gasteiger partial charge in [0.2, 0.25) is 17.3 Å². The number of nitrogens with zero attached hydrogens (tertiary/aromatic N) is 2. The van der Waals surface area contributed by atoms with Gasteiger partial charge in [-0.2, -0.15) is 4.98 Å². The van der Waals surface area contributed by atoms with E-state index in [0.29, 0.717) is 33.7 Å². The van der Waals surface area contributed by atoms with Gasteiger partial charge in [-0.15, -0.1) is 5.10 Å². The molecule has 0 bridgehead atoms. The van der Waals surface area contributed by atoms with E-state index in [2.05, 4.69) is 20.5 Å². The normalized spacial score (nSPS) is 16.1. The molecule has 1 aliphatic heterocycles. The number of esters is 1. The van der Waals surface area contributed by atoms with Gasteiger partial charge in [0.15, 0.2) is 11.5 Å². The van der Waals surface area contributed by atoms with Crippen LogP contribution < -0.4 is 14.8 Å². The summed E-state index contributed by atoms with van der Waals surface area (Å²) in [5.41, 5.74) is 1.01. The molecule has 0 radical (unpaired) electrons. The van der Waals surface area contributed by atoms with Crippen molar-refractivity contribution in [3.63, 3.8) is 0 Å². The second kappa shape index (κ2) is 5.76. The number of anilines is 1. The number of nitrogens with one attached hydrogen (secondary N) is 2. The van der Waals surface area contributed by atoms with Crippen molar-refractivity contribution in [1.29, 1.82) is 0 Å². The van der Waals surface area contributed by atoms with Crippen LogP contribution in [-0.4, -0.2) is 41.6 Å². The van der Waals surface area contributed by atoms with Gasteiger partial charge in [0.1, 0.15) is 5.56 Å². The minimum Gasteiger partial charge on any atom is -0.493 e. The number of ether oxygens (including phenoxy) is 3. The fourth-order valence-electron chi connectivity index (χ4n) is 2.23. The van der Waals surface area contributed by atoms with Gasteiger partial charge in [-0.25, -0.2) is 9.89 Å². The van der Waals surface area contributed by atoms with Crippen molar-refractivity contribution in [3.8, 4) is 11.5 Å². The molecule has 1 unspecified atom stereocenters. The minimum atomic E-state index is -0.662. The maximum Gasteiger partial charge on any atom is 0.344 e. The number of aromatic amines is 1. The van der Waals surface area contributed by atoms with Crippen molar-refractivity contribution in [2.75, 3.05) is 25.8 Å². The molecule has 0 spiro atoms. The molecule has 0 fully saturated rings. The number of hydrogen-bond donors (Lipinski definition) is 2. The highest BCUT2D eigenvalue weighted by Crippen LogP contribution is 2.41. The Morgan fingerprint density at radius 2 is 2.18 bits per heavy atom.